The Morgan fingerprint density at radius 3 is 2.16 bits per heavy atom. The van der Waals surface area contributed by atoms with Crippen molar-refractivity contribution in [2.75, 3.05) is 5.32 Å². The molecule has 0 unspecified atom stereocenters. The molecule has 1 amide bonds. The smallest absolute Gasteiger partial charge is 0.337 e. The Morgan fingerprint density at radius 2 is 1.60 bits per heavy atom. The van der Waals surface area contributed by atoms with Crippen LogP contribution in [-0.4, -0.2) is 22.1 Å². The minimum Gasteiger partial charge on any atom is -0.478 e. The van der Waals surface area contributed by atoms with Crippen LogP contribution >= 0.6 is 12.2 Å². The van der Waals surface area contributed by atoms with Gasteiger partial charge in [0.2, 0.25) is 0 Å². The van der Waals surface area contributed by atoms with E-state index in [0.29, 0.717) is 11.3 Å². The van der Waals surface area contributed by atoms with E-state index in [1.165, 1.54) is 6.07 Å². The van der Waals surface area contributed by atoms with Gasteiger partial charge in [-0.25, -0.2) is 4.79 Å². The molecule has 0 aliphatic carbocycles. The second-order valence-corrected chi connectivity index (χ2v) is 6.99. The number of benzene rings is 2. The minimum atomic E-state index is -1.07. The predicted octanol–water partition coefficient (Wildman–Crippen LogP) is 3.81. The minimum absolute atomic E-state index is 0.00635. The highest BCUT2D eigenvalue weighted by atomic mass is 32.1. The lowest BCUT2D eigenvalue weighted by molar-refractivity contribution is 0.0698. The van der Waals surface area contributed by atoms with Crippen molar-refractivity contribution in [3.8, 4) is 0 Å². The molecule has 0 atom stereocenters. The normalized spacial score (nSPS) is 10.8. The number of amides is 1. The van der Waals surface area contributed by atoms with Crippen molar-refractivity contribution in [3.63, 3.8) is 0 Å². The Bertz CT molecular complexity index is 808. The topological polar surface area (TPSA) is 78.4 Å². The highest BCUT2D eigenvalue weighted by Gasteiger charge is 2.15. The van der Waals surface area contributed by atoms with Gasteiger partial charge in [-0.15, -0.1) is 0 Å². The molecule has 0 heterocycles. The molecule has 0 bridgehead atoms. The first kappa shape index (κ1) is 18.6. The molecule has 0 aliphatic heterocycles. The Hall–Kier alpha value is -2.73. The summed E-state index contributed by atoms with van der Waals surface area (Å²) in [7, 11) is 0. The van der Waals surface area contributed by atoms with E-state index in [1.807, 2.05) is 12.1 Å². The van der Waals surface area contributed by atoms with Gasteiger partial charge in [0, 0.05) is 5.56 Å². The maximum atomic E-state index is 12.3. The summed E-state index contributed by atoms with van der Waals surface area (Å²) >= 11 is 5.11. The van der Waals surface area contributed by atoms with Crippen molar-refractivity contribution >= 4 is 34.9 Å². The van der Waals surface area contributed by atoms with Gasteiger partial charge in [-0.2, -0.15) is 0 Å². The van der Waals surface area contributed by atoms with Crippen LogP contribution in [0.15, 0.2) is 48.5 Å². The van der Waals surface area contributed by atoms with Crippen LogP contribution in [0.2, 0.25) is 0 Å². The van der Waals surface area contributed by atoms with Gasteiger partial charge in [0.25, 0.3) is 5.91 Å². The Labute approximate surface area is 152 Å². The zero-order valence-corrected chi connectivity index (χ0v) is 15.1. The molecule has 0 radical (unpaired) electrons. The molecule has 2 aromatic rings. The summed E-state index contributed by atoms with van der Waals surface area (Å²) in [5, 5.41) is 14.5. The Morgan fingerprint density at radius 1 is 1.00 bits per heavy atom. The number of thiocarbonyl (C=S) groups is 1. The third-order valence-corrected chi connectivity index (χ3v) is 3.85. The summed E-state index contributed by atoms with van der Waals surface area (Å²) in [5.41, 5.74) is 2.01. The van der Waals surface area contributed by atoms with Gasteiger partial charge in [-0.05, 0) is 47.5 Å². The van der Waals surface area contributed by atoms with Crippen LogP contribution in [0, 0.1) is 0 Å². The van der Waals surface area contributed by atoms with Crippen LogP contribution in [0.1, 0.15) is 47.1 Å². The third-order valence-electron chi connectivity index (χ3n) is 3.65. The number of aromatic carboxylic acids is 1. The first-order chi connectivity index (χ1) is 11.7. The summed E-state index contributed by atoms with van der Waals surface area (Å²) in [6, 6.07) is 13.6. The fourth-order valence-electron chi connectivity index (χ4n) is 2.23. The molecule has 0 spiro atoms. The number of hydrogen-bond donors (Lipinski definition) is 3. The second kappa shape index (κ2) is 7.44. The van der Waals surface area contributed by atoms with Crippen molar-refractivity contribution in [3.05, 3.63) is 65.2 Å². The predicted molar refractivity (Wildman–Crippen MR) is 102 cm³/mol. The van der Waals surface area contributed by atoms with Gasteiger partial charge in [0.1, 0.15) is 0 Å². The Balaban J connectivity index is 2.06. The zero-order chi connectivity index (χ0) is 18.6. The molecule has 2 rings (SSSR count). The number of carbonyl (C=O) groups excluding carboxylic acids is 1. The summed E-state index contributed by atoms with van der Waals surface area (Å²) < 4.78 is 0. The lowest BCUT2D eigenvalue weighted by atomic mass is 9.87. The van der Waals surface area contributed by atoms with Gasteiger partial charge in [-0.1, -0.05) is 45.0 Å². The van der Waals surface area contributed by atoms with Crippen molar-refractivity contribution in [1.82, 2.24) is 5.32 Å². The van der Waals surface area contributed by atoms with Crippen LogP contribution in [0.3, 0.4) is 0 Å². The van der Waals surface area contributed by atoms with Crippen LogP contribution in [0.25, 0.3) is 0 Å². The van der Waals surface area contributed by atoms with Crippen LogP contribution < -0.4 is 10.6 Å². The van der Waals surface area contributed by atoms with E-state index in [0.717, 1.165) is 5.56 Å². The largest absolute Gasteiger partial charge is 0.478 e. The molecule has 130 valence electrons. The van der Waals surface area contributed by atoms with Gasteiger partial charge in [-0.3, -0.25) is 10.1 Å². The average Bonchev–Trinajstić information content (AvgIpc) is 2.54. The van der Waals surface area contributed by atoms with Crippen molar-refractivity contribution in [2.24, 2.45) is 0 Å². The summed E-state index contributed by atoms with van der Waals surface area (Å²) in [6.07, 6.45) is 0. The van der Waals surface area contributed by atoms with Crippen LogP contribution in [-0.2, 0) is 5.41 Å². The zero-order valence-electron chi connectivity index (χ0n) is 14.3. The van der Waals surface area contributed by atoms with Crippen LogP contribution in [0.5, 0.6) is 0 Å². The fourth-order valence-corrected chi connectivity index (χ4v) is 2.43. The van der Waals surface area contributed by atoms with Crippen molar-refractivity contribution in [1.29, 1.82) is 0 Å². The molecule has 5 nitrogen and oxygen atoms in total. The molecular formula is C19H20N2O3S. The van der Waals surface area contributed by atoms with E-state index >= 15 is 0 Å². The average molecular weight is 356 g/mol. The highest BCUT2D eigenvalue weighted by molar-refractivity contribution is 7.80. The van der Waals surface area contributed by atoms with Crippen molar-refractivity contribution < 1.29 is 14.7 Å². The number of anilines is 1. The fraction of sp³-hybridized carbons (Fsp3) is 0.211. The molecule has 3 N–H and O–H groups in total. The van der Waals surface area contributed by atoms with E-state index in [-0.39, 0.29) is 22.0 Å². The molecule has 25 heavy (non-hydrogen) atoms. The molecule has 0 aromatic heterocycles. The van der Waals surface area contributed by atoms with E-state index < -0.39 is 5.97 Å². The summed E-state index contributed by atoms with van der Waals surface area (Å²) in [4.78, 5) is 23.5. The lowest BCUT2D eigenvalue weighted by Gasteiger charge is -2.19. The van der Waals surface area contributed by atoms with E-state index in [9.17, 15) is 9.59 Å². The Kier molecular flexibility index (Phi) is 5.54. The number of para-hydroxylation sites is 1. The van der Waals surface area contributed by atoms with E-state index in [2.05, 4.69) is 31.4 Å². The van der Waals surface area contributed by atoms with Crippen LogP contribution in [0.4, 0.5) is 5.69 Å². The molecule has 0 fully saturated rings. The number of carbonyl (C=O) groups is 2. The summed E-state index contributed by atoms with van der Waals surface area (Å²) in [5.74, 6) is -1.43. The summed E-state index contributed by atoms with van der Waals surface area (Å²) in [6.45, 7) is 6.29. The van der Waals surface area contributed by atoms with E-state index in [4.69, 9.17) is 17.3 Å². The standard InChI is InChI=1S/C19H20N2O3S/c1-19(2,3)13-10-8-12(9-11-13)16(22)21-18(25)20-15-7-5-4-6-14(15)17(23)24/h4-11H,1-3H3,(H,23,24)(H2,20,21,22,25). The molecule has 0 aliphatic rings. The molecule has 6 heteroatoms. The molecule has 0 saturated carbocycles. The highest BCUT2D eigenvalue weighted by Crippen LogP contribution is 2.22. The number of carboxylic acid groups (broad SMARTS) is 1. The second-order valence-electron chi connectivity index (χ2n) is 6.59. The molecular weight excluding hydrogens is 336 g/mol. The van der Waals surface area contributed by atoms with Gasteiger partial charge < -0.3 is 10.4 Å². The van der Waals surface area contributed by atoms with Gasteiger partial charge in [0.05, 0.1) is 11.3 Å². The lowest BCUT2D eigenvalue weighted by Crippen LogP contribution is -2.34. The maximum absolute atomic E-state index is 12.3. The van der Waals surface area contributed by atoms with Gasteiger partial charge >= 0.3 is 5.97 Å². The third kappa shape index (κ3) is 4.87. The maximum Gasteiger partial charge on any atom is 0.337 e. The number of rotatable bonds is 3. The van der Waals surface area contributed by atoms with Gasteiger partial charge in [0.15, 0.2) is 5.11 Å². The number of hydrogen-bond acceptors (Lipinski definition) is 3. The quantitative estimate of drug-likeness (QED) is 0.729. The number of nitrogens with one attached hydrogen (secondary N) is 2. The van der Waals surface area contributed by atoms with Crippen molar-refractivity contribution in [2.45, 2.75) is 26.2 Å². The molecule has 0 saturated heterocycles. The SMILES string of the molecule is CC(C)(C)c1ccc(C(=O)NC(=S)Nc2ccccc2C(=O)O)cc1. The molecule has 2 aromatic carbocycles. The monoisotopic (exact) mass is 356 g/mol. The number of carboxylic acids is 1. The first-order valence-corrected chi connectivity index (χ1v) is 8.14. The first-order valence-electron chi connectivity index (χ1n) is 7.73. The van der Waals surface area contributed by atoms with E-state index in [1.54, 1.807) is 30.3 Å².